The average Bonchev–Trinajstić information content (AvgIpc) is 2.29. The van der Waals surface area contributed by atoms with E-state index in [1.165, 1.54) is 5.56 Å². The monoisotopic (exact) mass is 204 g/mol. The summed E-state index contributed by atoms with van der Waals surface area (Å²) in [5.41, 5.74) is 1.25. The Morgan fingerprint density at radius 1 is 1.13 bits per heavy atom. The third-order valence-electron chi connectivity index (χ3n) is 2.17. The number of hydrogen-bond acceptors (Lipinski definition) is 1. The van der Waals surface area contributed by atoms with E-state index in [4.69, 9.17) is 4.74 Å². The molecule has 0 unspecified atom stereocenters. The summed E-state index contributed by atoms with van der Waals surface area (Å²) in [6, 6.07) is 10.3. The molecule has 1 nitrogen and oxygen atoms in total. The molecule has 0 atom stereocenters. The molecule has 0 saturated heterocycles. The Morgan fingerprint density at radius 3 is 2.67 bits per heavy atom. The third kappa shape index (κ3) is 6.08. The third-order valence-corrected chi connectivity index (χ3v) is 2.17. The summed E-state index contributed by atoms with van der Waals surface area (Å²) in [6.45, 7) is 3.74. The summed E-state index contributed by atoms with van der Waals surface area (Å²) in [7, 11) is 0. The quantitative estimate of drug-likeness (QED) is 0.482. The lowest BCUT2D eigenvalue weighted by Crippen LogP contribution is -1.94. The van der Waals surface area contributed by atoms with Crippen molar-refractivity contribution < 1.29 is 4.74 Å². The first-order valence-corrected chi connectivity index (χ1v) is 5.70. The number of benzene rings is 1. The highest BCUT2D eigenvalue weighted by Gasteiger charge is 1.90. The van der Waals surface area contributed by atoms with Crippen molar-refractivity contribution in [2.45, 2.75) is 32.8 Å². The van der Waals surface area contributed by atoms with Gasteiger partial charge in [-0.25, -0.2) is 0 Å². The van der Waals surface area contributed by atoms with Gasteiger partial charge in [-0.05, 0) is 24.8 Å². The zero-order valence-electron chi connectivity index (χ0n) is 9.49. The van der Waals surface area contributed by atoms with Crippen molar-refractivity contribution in [2.75, 3.05) is 6.61 Å². The standard InChI is InChI=1S/C14H20O/c1-2-3-4-5-9-12-15-13-14-10-7-6-8-11-14/h3-4,6-8,10-11H,2,5,9,12-13H2,1H3/b4-3-. The summed E-state index contributed by atoms with van der Waals surface area (Å²) < 4.78 is 5.57. The van der Waals surface area contributed by atoms with Gasteiger partial charge in [0.1, 0.15) is 0 Å². The number of ether oxygens (including phenoxy) is 1. The van der Waals surface area contributed by atoms with Crippen LogP contribution in [0.3, 0.4) is 0 Å². The first-order valence-electron chi connectivity index (χ1n) is 5.70. The summed E-state index contributed by atoms with van der Waals surface area (Å²) in [5, 5.41) is 0. The number of unbranched alkanes of at least 4 members (excludes halogenated alkanes) is 1. The van der Waals surface area contributed by atoms with Gasteiger partial charge in [-0.2, -0.15) is 0 Å². The molecule has 0 spiro atoms. The maximum Gasteiger partial charge on any atom is 0.0716 e. The molecule has 1 aromatic carbocycles. The molecule has 0 aliphatic carbocycles. The Balaban J connectivity index is 2.00. The van der Waals surface area contributed by atoms with Gasteiger partial charge in [-0.3, -0.25) is 0 Å². The maximum atomic E-state index is 5.57. The SMILES string of the molecule is CC/C=C\CCCOCc1ccccc1. The second-order valence-electron chi connectivity index (χ2n) is 3.56. The molecule has 0 aliphatic rings. The van der Waals surface area contributed by atoms with Crippen LogP contribution >= 0.6 is 0 Å². The van der Waals surface area contributed by atoms with E-state index in [0.717, 1.165) is 32.5 Å². The fourth-order valence-corrected chi connectivity index (χ4v) is 1.35. The van der Waals surface area contributed by atoms with E-state index >= 15 is 0 Å². The van der Waals surface area contributed by atoms with Crippen molar-refractivity contribution >= 4 is 0 Å². The Hall–Kier alpha value is -1.08. The van der Waals surface area contributed by atoms with Gasteiger partial charge in [-0.15, -0.1) is 0 Å². The molecule has 0 bridgehead atoms. The molecule has 0 fully saturated rings. The van der Waals surface area contributed by atoms with E-state index in [0.29, 0.717) is 0 Å². The molecule has 0 aromatic heterocycles. The van der Waals surface area contributed by atoms with E-state index in [1.54, 1.807) is 0 Å². The minimum atomic E-state index is 0.734. The highest BCUT2D eigenvalue weighted by atomic mass is 16.5. The maximum absolute atomic E-state index is 5.57. The fourth-order valence-electron chi connectivity index (χ4n) is 1.35. The topological polar surface area (TPSA) is 9.23 Å². The lowest BCUT2D eigenvalue weighted by molar-refractivity contribution is 0.119. The van der Waals surface area contributed by atoms with Crippen molar-refractivity contribution in [3.05, 3.63) is 48.0 Å². The Bertz CT molecular complexity index is 264. The van der Waals surface area contributed by atoms with Crippen LogP contribution in [0.15, 0.2) is 42.5 Å². The van der Waals surface area contributed by atoms with E-state index in [9.17, 15) is 0 Å². The van der Waals surface area contributed by atoms with Crippen LogP contribution in [0.1, 0.15) is 31.7 Å². The van der Waals surface area contributed by atoms with Gasteiger partial charge in [-0.1, -0.05) is 49.4 Å². The van der Waals surface area contributed by atoms with E-state index < -0.39 is 0 Å². The van der Waals surface area contributed by atoms with Gasteiger partial charge < -0.3 is 4.74 Å². The molecule has 0 N–H and O–H groups in total. The van der Waals surface area contributed by atoms with Gasteiger partial charge in [0.15, 0.2) is 0 Å². The molecule has 1 heteroatoms. The van der Waals surface area contributed by atoms with Crippen molar-refractivity contribution in [1.82, 2.24) is 0 Å². The zero-order chi connectivity index (χ0) is 10.8. The van der Waals surface area contributed by atoms with Gasteiger partial charge >= 0.3 is 0 Å². The summed E-state index contributed by atoms with van der Waals surface area (Å²) in [4.78, 5) is 0. The molecule has 0 radical (unpaired) electrons. The largest absolute Gasteiger partial charge is 0.377 e. The molecular formula is C14H20O. The molecule has 1 rings (SSSR count). The van der Waals surface area contributed by atoms with Crippen molar-refractivity contribution in [3.63, 3.8) is 0 Å². The van der Waals surface area contributed by atoms with Gasteiger partial charge in [0.25, 0.3) is 0 Å². The summed E-state index contributed by atoms with van der Waals surface area (Å²) in [5.74, 6) is 0. The minimum absolute atomic E-state index is 0.734. The van der Waals surface area contributed by atoms with Crippen LogP contribution in [0, 0.1) is 0 Å². The average molecular weight is 204 g/mol. The lowest BCUT2D eigenvalue weighted by Gasteiger charge is -2.02. The van der Waals surface area contributed by atoms with Crippen LogP contribution in [0.5, 0.6) is 0 Å². The highest BCUT2D eigenvalue weighted by Crippen LogP contribution is 2.01. The van der Waals surface area contributed by atoms with Crippen molar-refractivity contribution in [1.29, 1.82) is 0 Å². The number of hydrogen-bond donors (Lipinski definition) is 0. The highest BCUT2D eigenvalue weighted by molar-refractivity contribution is 5.13. The predicted octanol–water partition coefficient (Wildman–Crippen LogP) is 3.95. The summed E-state index contributed by atoms with van der Waals surface area (Å²) >= 11 is 0. The molecule has 0 aliphatic heterocycles. The van der Waals surface area contributed by atoms with Gasteiger partial charge in [0, 0.05) is 6.61 Å². The van der Waals surface area contributed by atoms with Crippen LogP contribution < -0.4 is 0 Å². The summed E-state index contributed by atoms with van der Waals surface area (Å²) in [6.07, 6.45) is 7.81. The second-order valence-corrected chi connectivity index (χ2v) is 3.56. The molecule has 82 valence electrons. The Kier molecular flexibility index (Phi) is 6.59. The van der Waals surface area contributed by atoms with Gasteiger partial charge in [0.2, 0.25) is 0 Å². The van der Waals surface area contributed by atoms with E-state index in [2.05, 4.69) is 31.2 Å². The lowest BCUT2D eigenvalue weighted by atomic mass is 10.2. The smallest absolute Gasteiger partial charge is 0.0716 e. The number of allylic oxidation sites excluding steroid dienone is 2. The van der Waals surface area contributed by atoms with Gasteiger partial charge in [0.05, 0.1) is 6.61 Å². The minimum Gasteiger partial charge on any atom is -0.377 e. The molecule has 0 saturated carbocycles. The Labute approximate surface area is 92.8 Å². The van der Waals surface area contributed by atoms with E-state index in [1.807, 2.05) is 18.2 Å². The molecular weight excluding hydrogens is 184 g/mol. The number of rotatable bonds is 7. The molecule has 0 amide bonds. The normalized spacial score (nSPS) is 11.0. The first kappa shape index (κ1) is 12.0. The molecule has 1 aromatic rings. The molecule has 15 heavy (non-hydrogen) atoms. The predicted molar refractivity (Wildman–Crippen MR) is 64.8 cm³/mol. The van der Waals surface area contributed by atoms with Crippen molar-refractivity contribution in [2.24, 2.45) is 0 Å². The van der Waals surface area contributed by atoms with Crippen molar-refractivity contribution in [3.8, 4) is 0 Å². The van der Waals surface area contributed by atoms with Crippen LogP contribution in [0.4, 0.5) is 0 Å². The van der Waals surface area contributed by atoms with Crippen LogP contribution in [0.2, 0.25) is 0 Å². The van der Waals surface area contributed by atoms with Crippen LogP contribution in [0.25, 0.3) is 0 Å². The zero-order valence-corrected chi connectivity index (χ0v) is 9.49. The Morgan fingerprint density at radius 2 is 1.93 bits per heavy atom. The molecule has 0 heterocycles. The second kappa shape index (κ2) is 8.25. The van der Waals surface area contributed by atoms with Crippen LogP contribution in [-0.4, -0.2) is 6.61 Å². The van der Waals surface area contributed by atoms with E-state index in [-0.39, 0.29) is 0 Å². The first-order chi connectivity index (χ1) is 7.43. The van der Waals surface area contributed by atoms with Crippen LogP contribution in [-0.2, 0) is 11.3 Å². The fraction of sp³-hybridized carbons (Fsp3) is 0.429.